The first kappa shape index (κ1) is 28.4. The molecule has 0 saturated heterocycles. The maximum atomic E-state index is 12.8. The normalized spacial score (nSPS) is 11.2. The Labute approximate surface area is 222 Å². The molecule has 38 heavy (non-hydrogen) atoms. The second kappa shape index (κ2) is 13.4. The lowest BCUT2D eigenvalue weighted by Gasteiger charge is -2.14. The number of methoxy groups -OCH3 is 2. The number of aromatic hydroxyl groups is 2. The fourth-order valence-electron chi connectivity index (χ4n) is 4.13. The Morgan fingerprint density at radius 3 is 2.29 bits per heavy atom. The third-order valence-electron chi connectivity index (χ3n) is 6.27. The van der Waals surface area contributed by atoms with Crippen molar-refractivity contribution in [1.82, 2.24) is 4.57 Å². The van der Waals surface area contributed by atoms with Crippen LogP contribution in [-0.2, 0) is 11.8 Å². The number of carbonyl (C=O) groups is 1. The number of amides is 1. The van der Waals surface area contributed by atoms with Gasteiger partial charge in [-0.25, -0.2) is 0 Å². The van der Waals surface area contributed by atoms with Crippen LogP contribution in [0.5, 0.6) is 28.7 Å². The van der Waals surface area contributed by atoms with Gasteiger partial charge in [0.05, 0.1) is 26.3 Å². The number of phenols is 1. The molecule has 9 heteroatoms. The van der Waals surface area contributed by atoms with E-state index in [4.69, 9.17) is 14.2 Å². The summed E-state index contributed by atoms with van der Waals surface area (Å²) in [5, 5.41) is 24.0. The Bertz CT molecular complexity index is 1340. The van der Waals surface area contributed by atoms with Crippen LogP contribution in [-0.4, -0.2) is 41.5 Å². The predicted molar refractivity (Wildman–Crippen MR) is 149 cm³/mol. The maximum absolute atomic E-state index is 12.8. The minimum atomic E-state index is -0.417. The van der Waals surface area contributed by atoms with E-state index < -0.39 is 11.5 Å². The molecule has 1 aromatic heterocycles. The zero-order chi connectivity index (χ0) is 27.7. The molecule has 2 aromatic carbocycles. The van der Waals surface area contributed by atoms with E-state index in [0.29, 0.717) is 28.8 Å². The van der Waals surface area contributed by atoms with Crippen LogP contribution >= 0.6 is 0 Å². The smallest absolute Gasteiger partial charge is 0.297 e. The highest BCUT2D eigenvalue weighted by atomic mass is 16.5. The molecule has 3 N–H and O–H groups in total. The van der Waals surface area contributed by atoms with Crippen molar-refractivity contribution in [3.63, 3.8) is 0 Å². The summed E-state index contributed by atoms with van der Waals surface area (Å²) in [4.78, 5) is 25.4. The lowest BCUT2D eigenvalue weighted by molar-refractivity contribution is -0.111. The highest BCUT2D eigenvalue weighted by molar-refractivity contribution is 6.03. The van der Waals surface area contributed by atoms with Gasteiger partial charge < -0.3 is 34.3 Å². The summed E-state index contributed by atoms with van der Waals surface area (Å²) in [6.07, 6.45) is 9.36. The van der Waals surface area contributed by atoms with Gasteiger partial charge in [0.2, 0.25) is 17.4 Å². The number of aryl methyl sites for hydroxylation is 1. The van der Waals surface area contributed by atoms with Crippen molar-refractivity contribution in [3.8, 4) is 28.7 Å². The highest BCUT2D eigenvalue weighted by Gasteiger charge is 2.17. The molecule has 0 bridgehead atoms. The number of pyridine rings is 1. The molecule has 0 saturated carbocycles. The molecule has 3 rings (SSSR count). The van der Waals surface area contributed by atoms with Crippen LogP contribution < -0.4 is 25.1 Å². The van der Waals surface area contributed by atoms with E-state index in [9.17, 15) is 19.8 Å². The number of benzene rings is 2. The van der Waals surface area contributed by atoms with Crippen LogP contribution in [0.4, 0.5) is 5.69 Å². The standard InChI is InChI=1S/C29H36N2O7/c1-5-6-7-8-9-10-15-38-28-26(33)21-18-20(12-13-22(21)31(2)29(28)35)30-25(32)14-11-19-16-23(36-3)27(34)24(17-19)37-4/h11-14,16-18,33-34H,5-10,15H2,1-4H3,(H,30,32). The number of nitrogens with zero attached hydrogens (tertiary/aromatic N) is 1. The number of carbonyl (C=O) groups excluding carboxylic acids is 1. The number of ether oxygens (including phenoxy) is 3. The minimum Gasteiger partial charge on any atom is -0.504 e. The van der Waals surface area contributed by atoms with Crippen LogP contribution in [0.3, 0.4) is 0 Å². The van der Waals surface area contributed by atoms with E-state index in [1.165, 1.54) is 44.1 Å². The summed E-state index contributed by atoms with van der Waals surface area (Å²) in [5.41, 5.74) is 1.12. The number of rotatable bonds is 13. The number of unbranched alkanes of at least 4 members (excludes halogenated alkanes) is 5. The van der Waals surface area contributed by atoms with Gasteiger partial charge in [0, 0.05) is 24.2 Å². The fourth-order valence-corrected chi connectivity index (χ4v) is 4.13. The highest BCUT2D eigenvalue weighted by Crippen LogP contribution is 2.37. The predicted octanol–water partition coefficient (Wildman–Crippen LogP) is 5.36. The molecule has 0 fully saturated rings. The number of anilines is 1. The summed E-state index contributed by atoms with van der Waals surface area (Å²) in [5.74, 6) is -0.447. The number of fused-ring (bicyclic) bond motifs is 1. The van der Waals surface area contributed by atoms with Gasteiger partial charge >= 0.3 is 0 Å². The van der Waals surface area contributed by atoms with Crippen molar-refractivity contribution in [2.75, 3.05) is 26.1 Å². The average Bonchev–Trinajstić information content (AvgIpc) is 2.92. The van der Waals surface area contributed by atoms with Crippen molar-refractivity contribution in [3.05, 3.63) is 52.3 Å². The Kier molecular flexibility index (Phi) is 10.0. The Balaban J connectivity index is 1.75. The Hall–Kier alpha value is -4.14. The molecule has 1 amide bonds. The molecule has 0 aliphatic heterocycles. The lowest BCUT2D eigenvalue weighted by Crippen LogP contribution is -2.20. The second-order valence-corrected chi connectivity index (χ2v) is 8.99. The Morgan fingerprint density at radius 2 is 1.63 bits per heavy atom. The second-order valence-electron chi connectivity index (χ2n) is 8.99. The number of phenolic OH excluding ortho intramolecular Hbond substituents is 1. The van der Waals surface area contributed by atoms with Gasteiger partial charge in [0.1, 0.15) is 0 Å². The third kappa shape index (κ3) is 6.79. The van der Waals surface area contributed by atoms with Crippen molar-refractivity contribution in [2.45, 2.75) is 45.4 Å². The van der Waals surface area contributed by atoms with Gasteiger partial charge in [0.25, 0.3) is 5.56 Å². The molecule has 0 atom stereocenters. The number of hydrogen-bond donors (Lipinski definition) is 3. The molecule has 9 nitrogen and oxygen atoms in total. The SMILES string of the molecule is CCCCCCCCOc1c(O)c2cc(NC(=O)C=Cc3cc(OC)c(O)c(OC)c3)ccc2n(C)c1=O. The molecule has 0 radical (unpaired) electrons. The van der Waals surface area contributed by atoms with Crippen molar-refractivity contribution < 1.29 is 29.2 Å². The zero-order valence-electron chi connectivity index (χ0n) is 22.4. The van der Waals surface area contributed by atoms with Crippen LogP contribution in [0.25, 0.3) is 17.0 Å². The quantitative estimate of drug-likeness (QED) is 0.203. The van der Waals surface area contributed by atoms with Gasteiger partial charge in [-0.15, -0.1) is 0 Å². The van der Waals surface area contributed by atoms with Crippen LogP contribution in [0.1, 0.15) is 51.0 Å². The van der Waals surface area contributed by atoms with Crippen molar-refractivity contribution in [2.24, 2.45) is 7.05 Å². The lowest BCUT2D eigenvalue weighted by atomic mass is 10.1. The molecule has 0 unspecified atom stereocenters. The number of nitrogens with one attached hydrogen (secondary N) is 1. The zero-order valence-corrected chi connectivity index (χ0v) is 22.4. The van der Waals surface area contributed by atoms with Gasteiger partial charge in [-0.2, -0.15) is 0 Å². The molecule has 0 aliphatic rings. The first-order chi connectivity index (χ1) is 18.3. The van der Waals surface area contributed by atoms with E-state index in [-0.39, 0.29) is 28.7 Å². The summed E-state index contributed by atoms with van der Waals surface area (Å²) >= 11 is 0. The van der Waals surface area contributed by atoms with E-state index in [0.717, 1.165) is 19.3 Å². The maximum Gasteiger partial charge on any atom is 0.297 e. The molecular weight excluding hydrogens is 488 g/mol. The van der Waals surface area contributed by atoms with Gasteiger partial charge in [-0.05, 0) is 48.4 Å². The third-order valence-corrected chi connectivity index (χ3v) is 6.27. The molecule has 1 heterocycles. The number of hydrogen-bond acceptors (Lipinski definition) is 7. The first-order valence-corrected chi connectivity index (χ1v) is 12.7. The average molecular weight is 525 g/mol. The molecule has 0 spiro atoms. The van der Waals surface area contributed by atoms with Gasteiger partial charge in [-0.1, -0.05) is 39.0 Å². The van der Waals surface area contributed by atoms with Crippen LogP contribution in [0.2, 0.25) is 0 Å². The first-order valence-electron chi connectivity index (χ1n) is 12.7. The monoisotopic (exact) mass is 524 g/mol. The van der Waals surface area contributed by atoms with E-state index in [1.54, 1.807) is 43.5 Å². The van der Waals surface area contributed by atoms with Crippen LogP contribution in [0.15, 0.2) is 41.2 Å². The fraction of sp³-hybridized carbons (Fsp3) is 0.379. The summed E-state index contributed by atoms with van der Waals surface area (Å²) in [7, 11) is 4.46. The molecule has 0 aliphatic carbocycles. The van der Waals surface area contributed by atoms with Gasteiger partial charge in [-0.3, -0.25) is 9.59 Å². The number of aromatic nitrogens is 1. The molecular formula is C29H36N2O7. The Morgan fingerprint density at radius 1 is 0.974 bits per heavy atom. The largest absolute Gasteiger partial charge is 0.504 e. The van der Waals surface area contributed by atoms with Crippen LogP contribution in [0, 0.1) is 0 Å². The van der Waals surface area contributed by atoms with Crippen molar-refractivity contribution in [1.29, 1.82) is 0 Å². The van der Waals surface area contributed by atoms with Gasteiger partial charge in [0.15, 0.2) is 17.2 Å². The molecule has 204 valence electrons. The minimum absolute atomic E-state index is 0.0906. The molecule has 3 aromatic rings. The summed E-state index contributed by atoms with van der Waals surface area (Å²) in [6, 6.07) is 8.05. The van der Waals surface area contributed by atoms with E-state index >= 15 is 0 Å². The summed E-state index contributed by atoms with van der Waals surface area (Å²) in [6.45, 7) is 2.51. The van der Waals surface area contributed by atoms with E-state index in [1.807, 2.05) is 0 Å². The summed E-state index contributed by atoms with van der Waals surface area (Å²) < 4.78 is 17.4. The van der Waals surface area contributed by atoms with Crippen molar-refractivity contribution >= 4 is 28.6 Å². The topological polar surface area (TPSA) is 119 Å². The van der Waals surface area contributed by atoms with E-state index in [2.05, 4.69) is 12.2 Å².